The normalized spacial score (nSPS) is 35.6. The second-order valence-corrected chi connectivity index (χ2v) is 17.1. The summed E-state index contributed by atoms with van der Waals surface area (Å²) in [5.74, 6) is -9.40. The number of aliphatic hydroxyl groups is 1. The Morgan fingerprint density at radius 2 is 1.64 bits per heavy atom. The van der Waals surface area contributed by atoms with Gasteiger partial charge in [-0.2, -0.15) is 0 Å². The molecule has 1 N–H and O–H groups in total. The Balaban J connectivity index is 1.79. The summed E-state index contributed by atoms with van der Waals surface area (Å²) in [5, 5.41) is 11.1. The van der Waals surface area contributed by atoms with Crippen LogP contribution < -0.4 is 0 Å². The van der Waals surface area contributed by atoms with Crippen molar-refractivity contribution in [1.29, 1.82) is 0 Å². The highest BCUT2D eigenvalue weighted by Gasteiger charge is 2.88. The Hall–Kier alpha value is -5.03. The molecule has 0 bridgehead atoms. The van der Waals surface area contributed by atoms with Gasteiger partial charge in [0.15, 0.2) is 6.10 Å². The van der Waals surface area contributed by atoms with Crippen LogP contribution >= 0.6 is 0 Å². The molecule has 3 heterocycles. The van der Waals surface area contributed by atoms with Crippen LogP contribution in [-0.4, -0.2) is 109 Å². The van der Waals surface area contributed by atoms with E-state index in [1.807, 2.05) is 0 Å². The molecule has 0 amide bonds. The third-order valence-electron chi connectivity index (χ3n) is 12.6. The summed E-state index contributed by atoms with van der Waals surface area (Å²) in [6.07, 6.45) is -3.27. The Labute approximate surface area is 342 Å². The SMILES string of the molecule is C=C1[C@@H]([C@@]2(C)C=CC(=O)O[C@@](C)(COC(C)=O)[C@@H]2CC(=O)OC)[C@@H](OC=O)[C@H](OC(=O)C(O)C(C)C)[C@@]2(C)[C@H](c3ccoc3)[C@@H](OC(=O)C(OC(C)=O)C(C)C)[C@H]3O[C@]132. The maximum atomic E-state index is 14.0. The quantitative estimate of drug-likeness (QED) is 0.0879. The Kier molecular flexibility index (Phi) is 12.6. The van der Waals surface area contributed by atoms with Gasteiger partial charge in [0.25, 0.3) is 6.47 Å². The zero-order valence-electron chi connectivity index (χ0n) is 34.9. The minimum absolute atomic E-state index is 0.154. The highest BCUT2D eigenvalue weighted by molar-refractivity contribution is 5.83. The van der Waals surface area contributed by atoms with E-state index in [2.05, 4.69) is 6.58 Å². The van der Waals surface area contributed by atoms with Gasteiger partial charge < -0.3 is 47.4 Å². The summed E-state index contributed by atoms with van der Waals surface area (Å²) in [6, 6.07) is 1.62. The first-order chi connectivity index (χ1) is 27.5. The summed E-state index contributed by atoms with van der Waals surface area (Å²) in [6.45, 7) is 17.9. The molecule has 59 heavy (non-hydrogen) atoms. The molecule has 2 unspecified atom stereocenters. The summed E-state index contributed by atoms with van der Waals surface area (Å²) < 4.78 is 52.5. The van der Waals surface area contributed by atoms with E-state index in [0.717, 1.165) is 19.9 Å². The number of cyclic esters (lactones) is 1. The maximum absolute atomic E-state index is 14.0. The molecule has 2 aliphatic carbocycles. The molecule has 3 fully saturated rings. The molecule has 17 heteroatoms. The fourth-order valence-electron chi connectivity index (χ4n) is 9.87. The molecular weight excluding hydrogens is 776 g/mol. The van der Waals surface area contributed by atoms with Crippen molar-refractivity contribution < 1.29 is 81.0 Å². The number of epoxide rings is 1. The fourth-order valence-corrected chi connectivity index (χ4v) is 9.87. The highest BCUT2D eigenvalue weighted by atomic mass is 16.7. The molecule has 5 rings (SSSR count). The second kappa shape index (κ2) is 16.6. The van der Waals surface area contributed by atoms with E-state index in [-0.39, 0.29) is 12.0 Å². The van der Waals surface area contributed by atoms with E-state index in [4.69, 9.17) is 42.3 Å². The number of ether oxygens (including phenoxy) is 8. The third kappa shape index (κ3) is 7.67. The van der Waals surface area contributed by atoms with Gasteiger partial charge in [-0.05, 0) is 30.0 Å². The number of furan rings is 1. The zero-order chi connectivity index (χ0) is 44.0. The topological polar surface area (TPSA) is 230 Å². The van der Waals surface area contributed by atoms with Crippen LogP contribution in [0, 0.1) is 34.5 Å². The average molecular weight is 831 g/mol. The zero-order valence-corrected chi connectivity index (χ0v) is 34.9. The van der Waals surface area contributed by atoms with Crippen LogP contribution in [0.1, 0.15) is 80.2 Å². The molecule has 1 aromatic heterocycles. The number of hydrogen-bond acceptors (Lipinski definition) is 17. The number of carbonyl (C=O) groups excluding carboxylic acids is 7. The molecule has 17 nitrogen and oxygen atoms in total. The molecule has 2 saturated carbocycles. The van der Waals surface area contributed by atoms with Crippen LogP contribution in [0.4, 0.5) is 0 Å². The lowest BCUT2D eigenvalue weighted by Gasteiger charge is -2.58. The van der Waals surface area contributed by atoms with Crippen LogP contribution in [-0.2, 0) is 71.5 Å². The van der Waals surface area contributed by atoms with Crippen molar-refractivity contribution >= 4 is 42.3 Å². The summed E-state index contributed by atoms with van der Waals surface area (Å²) in [5.41, 5.74) is -5.71. The largest absolute Gasteiger partial charge is 0.472 e. The van der Waals surface area contributed by atoms with Crippen molar-refractivity contribution in [3.63, 3.8) is 0 Å². The van der Waals surface area contributed by atoms with Crippen molar-refractivity contribution in [2.75, 3.05) is 13.7 Å². The Morgan fingerprint density at radius 3 is 2.19 bits per heavy atom. The molecule has 1 aromatic rings. The van der Waals surface area contributed by atoms with Crippen LogP contribution in [0.3, 0.4) is 0 Å². The van der Waals surface area contributed by atoms with Crippen LogP contribution in [0.2, 0.25) is 0 Å². The smallest absolute Gasteiger partial charge is 0.348 e. The number of esters is 6. The predicted molar refractivity (Wildman–Crippen MR) is 200 cm³/mol. The lowest BCUT2D eigenvalue weighted by Crippen LogP contribution is -2.67. The van der Waals surface area contributed by atoms with E-state index in [0.29, 0.717) is 5.56 Å². The van der Waals surface area contributed by atoms with Crippen LogP contribution in [0.5, 0.6) is 0 Å². The number of allylic oxidation sites excluding steroid dienone is 1. The van der Waals surface area contributed by atoms with E-state index >= 15 is 0 Å². The van der Waals surface area contributed by atoms with Crippen LogP contribution in [0.15, 0.2) is 47.3 Å². The summed E-state index contributed by atoms with van der Waals surface area (Å²) >= 11 is 0. The van der Waals surface area contributed by atoms with E-state index in [1.54, 1.807) is 47.6 Å². The van der Waals surface area contributed by atoms with Crippen molar-refractivity contribution in [1.82, 2.24) is 0 Å². The first-order valence-electron chi connectivity index (χ1n) is 19.4. The molecule has 1 saturated heterocycles. The van der Waals surface area contributed by atoms with Crippen molar-refractivity contribution in [2.24, 2.45) is 34.5 Å². The van der Waals surface area contributed by atoms with E-state index in [1.165, 1.54) is 32.6 Å². The number of methoxy groups -OCH3 is 1. The first kappa shape index (κ1) is 45.1. The number of carbonyl (C=O) groups is 7. The van der Waals surface area contributed by atoms with Crippen molar-refractivity contribution in [3.8, 4) is 0 Å². The highest BCUT2D eigenvalue weighted by Crippen LogP contribution is 2.77. The van der Waals surface area contributed by atoms with Crippen molar-refractivity contribution in [2.45, 2.75) is 122 Å². The second-order valence-electron chi connectivity index (χ2n) is 17.1. The van der Waals surface area contributed by atoms with Gasteiger partial charge in [0.2, 0.25) is 6.10 Å². The third-order valence-corrected chi connectivity index (χ3v) is 12.6. The van der Waals surface area contributed by atoms with Gasteiger partial charge in [-0.25, -0.2) is 14.4 Å². The standard InChI is InChI=1S/C42H54O17/c1-20(2)31(48)37(49)57-35-33(54-19-43)29(39(8)14-12-27(46)58-40(9,18-53-23(6)44)26(39)16-28(47)51-11)22(5)42-36(59-42)34(30(41(35,42)10)25-13-15-52-17-25)56-38(50)32(21(3)4)55-24(7)45/h12-15,17,19-21,26,29-36,48H,5,16,18H2,1-4,6-11H3/t26-,29-,30-,31?,32?,33-,34-,35+,36-,39+,40+,41-,42-/m1/s1. The number of rotatable bonds is 15. The lowest BCUT2D eigenvalue weighted by atomic mass is 9.48. The molecular formula is C42H54O17. The molecule has 324 valence electrons. The maximum Gasteiger partial charge on any atom is 0.348 e. The van der Waals surface area contributed by atoms with Gasteiger partial charge >= 0.3 is 35.8 Å². The monoisotopic (exact) mass is 830 g/mol. The molecule has 1 spiro atoms. The minimum Gasteiger partial charge on any atom is -0.472 e. The Morgan fingerprint density at radius 1 is 0.966 bits per heavy atom. The molecule has 0 radical (unpaired) electrons. The average Bonchev–Trinajstić information content (AvgIpc) is 3.64. The molecule has 2 aliphatic heterocycles. The van der Waals surface area contributed by atoms with Gasteiger partial charge in [0.05, 0.1) is 31.5 Å². The van der Waals surface area contributed by atoms with Gasteiger partial charge in [0.1, 0.15) is 42.2 Å². The fraction of sp³-hybridized carbons (Fsp3) is 0.643. The van der Waals surface area contributed by atoms with Crippen LogP contribution in [0.25, 0.3) is 0 Å². The Bertz CT molecular complexity index is 1870. The van der Waals surface area contributed by atoms with Gasteiger partial charge in [0, 0.05) is 49.0 Å². The number of hydrogen-bond donors (Lipinski definition) is 1. The minimum atomic E-state index is -1.74. The van der Waals surface area contributed by atoms with Gasteiger partial charge in [-0.1, -0.05) is 54.2 Å². The predicted octanol–water partition coefficient (Wildman–Crippen LogP) is 3.30. The number of aliphatic hydroxyl groups excluding tert-OH is 1. The van der Waals surface area contributed by atoms with E-state index < -0.39 is 137 Å². The van der Waals surface area contributed by atoms with E-state index in [9.17, 15) is 38.7 Å². The molecule has 4 aliphatic rings. The molecule has 13 atom stereocenters. The van der Waals surface area contributed by atoms with Gasteiger partial charge in [-0.15, -0.1) is 0 Å². The van der Waals surface area contributed by atoms with Gasteiger partial charge in [-0.3, -0.25) is 19.2 Å². The summed E-state index contributed by atoms with van der Waals surface area (Å²) in [4.78, 5) is 91.6. The van der Waals surface area contributed by atoms with Crippen molar-refractivity contribution in [3.05, 3.63) is 48.5 Å². The lowest BCUT2D eigenvalue weighted by molar-refractivity contribution is -0.217. The molecule has 0 aromatic carbocycles. The first-order valence-corrected chi connectivity index (χ1v) is 19.4. The summed E-state index contributed by atoms with van der Waals surface area (Å²) in [7, 11) is 1.17.